The lowest BCUT2D eigenvalue weighted by molar-refractivity contribution is -0.121. The maximum absolute atomic E-state index is 12.4. The van der Waals surface area contributed by atoms with E-state index in [0.29, 0.717) is 28.2 Å². The highest BCUT2D eigenvalue weighted by molar-refractivity contribution is 7.09. The zero-order chi connectivity index (χ0) is 21.4. The van der Waals surface area contributed by atoms with Gasteiger partial charge in [-0.25, -0.2) is 4.98 Å². The van der Waals surface area contributed by atoms with Gasteiger partial charge in [-0.2, -0.15) is 4.98 Å². The second kappa shape index (κ2) is 8.13. The molecule has 2 aromatic heterocycles. The van der Waals surface area contributed by atoms with Gasteiger partial charge in [-0.05, 0) is 30.7 Å². The first-order valence-electron chi connectivity index (χ1n) is 9.71. The highest BCUT2D eigenvalue weighted by Crippen LogP contribution is 2.35. The van der Waals surface area contributed by atoms with Crippen molar-refractivity contribution in [1.82, 2.24) is 15.1 Å². The van der Waals surface area contributed by atoms with E-state index in [2.05, 4.69) is 22.0 Å². The highest BCUT2D eigenvalue weighted by atomic mass is 35.5. The molecule has 0 spiro atoms. The molecule has 0 radical (unpaired) electrons. The molecule has 1 aliphatic rings. The van der Waals surface area contributed by atoms with Crippen LogP contribution in [0.1, 0.15) is 17.8 Å². The topological polar surface area (TPSA) is 81.4 Å². The molecule has 2 aromatic carbocycles. The Morgan fingerprint density at radius 2 is 2.03 bits per heavy atom. The fourth-order valence-corrected chi connectivity index (χ4v) is 4.26. The van der Waals surface area contributed by atoms with Crippen LogP contribution in [0.15, 0.2) is 52.4 Å². The van der Waals surface area contributed by atoms with Crippen LogP contribution in [-0.4, -0.2) is 27.6 Å². The molecule has 0 fully saturated rings. The van der Waals surface area contributed by atoms with Gasteiger partial charge in [0.05, 0.1) is 16.4 Å². The van der Waals surface area contributed by atoms with E-state index < -0.39 is 0 Å². The Bertz CT molecular complexity index is 1270. The van der Waals surface area contributed by atoms with E-state index >= 15 is 0 Å². The lowest BCUT2D eigenvalue weighted by atomic mass is 10.1. The monoisotopic (exact) mass is 452 g/mol. The molecule has 0 atom stereocenters. The van der Waals surface area contributed by atoms with Crippen LogP contribution in [0.5, 0.6) is 5.75 Å². The Morgan fingerprint density at radius 3 is 2.87 bits per heavy atom. The molecule has 0 saturated heterocycles. The summed E-state index contributed by atoms with van der Waals surface area (Å²) in [6.45, 7) is 2.17. The molecule has 4 aromatic rings. The zero-order valence-electron chi connectivity index (χ0n) is 16.5. The second-order valence-corrected chi connectivity index (χ2v) is 8.33. The summed E-state index contributed by atoms with van der Waals surface area (Å²) in [7, 11) is 0. The molecular formula is C22H17ClN4O3S. The van der Waals surface area contributed by atoms with Crippen LogP contribution in [-0.2, 0) is 17.8 Å². The Balaban J connectivity index is 1.41. The molecule has 0 N–H and O–H groups in total. The number of ether oxygens (including phenoxy) is 1. The summed E-state index contributed by atoms with van der Waals surface area (Å²) in [4.78, 5) is 23.1. The maximum Gasteiger partial charge on any atom is 0.265 e. The molecule has 1 aliphatic heterocycles. The number of benzene rings is 2. The number of rotatable bonds is 5. The number of hydrogen-bond donors (Lipinski definition) is 0. The predicted molar refractivity (Wildman–Crippen MR) is 118 cm³/mol. The summed E-state index contributed by atoms with van der Waals surface area (Å²) in [5, 5.41) is 7.76. The van der Waals surface area contributed by atoms with Gasteiger partial charge < -0.3 is 9.26 Å². The third-order valence-corrected chi connectivity index (χ3v) is 6.12. The van der Waals surface area contributed by atoms with Crippen molar-refractivity contribution >= 4 is 34.5 Å². The number of aromatic nitrogens is 3. The number of carbonyl (C=O) groups excluding carboxylic acids is 1. The molecule has 156 valence electrons. The number of amides is 1. The minimum absolute atomic E-state index is 0.0505. The van der Waals surface area contributed by atoms with Gasteiger partial charge in [-0.1, -0.05) is 41.9 Å². The summed E-state index contributed by atoms with van der Waals surface area (Å²) < 4.78 is 10.9. The fourth-order valence-electron chi connectivity index (χ4n) is 3.34. The van der Waals surface area contributed by atoms with Crippen molar-refractivity contribution in [3.63, 3.8) is 0 Å². The van der Waals surface area contributed by atoms with E-state index in [4.69, 9.17) is 20.9 Å². The first-order valence-corrected chi connectivity index (χ1v) is 11.0. The van der Waals surface area contributed by atoms with Crippen molar-refractivity contribution in [3.05, 3.63) is 63.8 Å². The Morgan fingerprint density at radius 1 is 1.16 bits per heavy atom. The molecule has 0 bridgehead atoms. The third kappa shape index (κ3) is 3.92. The van der Waals surface area contributed by atoms with E-state index in [9.17, 15) is 4.79 Å². The Labute approximate surface area is 187 Å². The van der Waals surface area contributed by atoms with Crippen LogP contribution in [0.25, 0.3) is 22.6 Å². The van der Waals surface area contributed by atoms with Gasteiger partial charge in [-0.3, -0.25) is 9.69 Å². The number of aryl methyl sites for hydroxylation is 1. The van der Waals surface area contributed by atoms with Crippen molar-refractivity contribution in [1.29, 1.82) is 0 Å². The highest BCUT2D eigenvalue weighted by Gasteiger charge is 2.27. The molecule has 1 amide bonds. The van der Waals surface area contributed by atoms with Gasteiger partial charge >= 0.3 is 0 Å². The van der Waals surface area contributed by atoms with E-state index in [1.54, 1.807) is 34.4 Å². The summed E-state index contributed by atoms with van der Waals surface area (Å²) in [6.07, 6.45) is 0.910. The van der Waals surface area contributed by atoms with Crippen LogP contribution >= 0.6 is 22.9 Å². The van der Waals surface area contributed by atoms with Crippen LogP contribution in [0.4, 0.5) is 5.69 Å². The first kappa shape index (κ1) is 19.7. The molecule has 0 saturated carbocycles. The largest absolute Gasteiger partial charge is 0.482 e. The van der Waals surface area contributed by atoms with Crippen molar-refractivity contribution in [2.45, 2.75) is 19.9 Å². The van der Waals surface area contributed by atoms with Gasteiger partial charge in [0, 0.05) is 21.5 Å². The van der Waals surface area contributed by atoms with Gasteiger partial charge in [0.1, 0.15) is 12.3 Å². The lowest BCUT2D eigenvalue weighted by Crippen LogP contribution is -2.38. The number of hydrogen-bond acceptors (Lipinski definition) is 7. The Kier molecular flexibility index (Phi) is 5.17. The normalized spacial score (nSPS) is 13.2. The number of carbonyl (C=O) groups is 1. The first-order chi connectivity index (χ1) is 15.1. The standard InChI is InChI=1S/C22H17ClN4O3S/c1-2-20-24-16(12-31-20)13-4-3-5-14(8-13)22-25-19(30-26-22)10-27-17-9-15(23)6-7-18(17)29-11-21(27)28/h3-9,12H,2,10-11H2,1H3. The predicted octanol–water partition coefficient (Wildman–Crippen LogP) is 5.00. The minimum Gasteiger partial charge on any atom is -0.482 e. The van der Waals surface area contributed by atoms with Gasteiger partial charge in [-0.15, -0.1) is 11.3 Å². The number of fused-ring (bicyclic) bond motifs is 1. The molecule has 0 aliphatic carbocycles. The van der Waals surface area contributed by atoms with Crippen LogP contribution < -0.4 is 9.64 Å². The van der Waals surface area contributed by atoms with Gasteiger partial charge in [0.15, 0.2) is 6.61 Å². The summed E-state index contributed by atoms with van der Waals surface area (Å²) in [6, 6.07) is 13.0. The van der Waals surface area contributed by atoms with E-state index in [1.165, 1.54) is 0 Å². The van der Waals surface area contributed by atoms with Crippen molar-refractivity contribution in [2.24, 2.45) is 0 Å². The van der Waals surface area contributed by atoms with Crippen molar-refractivity contribution in [3.8, 4) is 28.4 Å². The smallest absolute Gasteiger partial charge is 0.265 e. The van der Waals surface area contributed by atoms with Crippen LogP contribution in [0.3, 0.4) is 0 Å². The van der Waals surface area contributed by atoms with Gasteiger partial charge in [0.2, 0.25) is 11.7 Å². The molecule has 7 nitrogen and oxygen atoms in total. The molecule has 5 rings (SSSR count). The van der Waals surface area contributed by atoms with Crippen LogP contribution in [0.2, 0.25) is 5.02 Å². The number of thiazole rings is 1. The Hall–Kier alpha value is -3.23. The number of anilines is 1. The molecule has 0 unspecified atom stereocenters. The summed E-state index contributed by atoms with van der Waals surface area (Å²) >= 11 is 7.75. The van der Waals surface area contributed by atoms with Crippen molar-refractivity contribution < 1.29 is 14.1 Å². The molecule has 31 heavy (non-hydrogen) atoms. The average Bonchev–Trinajstić information content (AvgIpc) is 3.46. The molecule has 9 heteroatoms. The van der Waals surface area contributed by atoms with Crippen LogP contribution in [0, 0.1) is 0 Å². The number of halogens is 1. The van der Waals surface area contributed by atoms with Crippen molar-refractivity contribution in [2.75, 3.05) is 11.5 Å². The fraction of sp³-hybridized carbons (Fsp3) is 0.182. The summed E-state index contributed by atoms with van der Waals surface area (Å²) in [5.41, 5.74) is 3.32. The average molecular weight is 453 g/mol. The lowest BCUT2D eigenvalue weighted by Gasteiger charge is -2.28. The molecule has 3 heterocycles. The SMILES string of the molecule is CCc1nc(-c2cccc(-c3noc(CN4C(=O)COc5ccc(Cl)cc54)n3)c2)cs1. The quantitative estimate of drug-likeness (QED) is 0.423. The molecular weight excluding hydrogens is 436 g/mol. The zero-order valence-corrected chi connectivity index (χ0v) is 18.1. The maximum atomic E-state index is 12.4. The minimum atomic E-state index is -0.202. The summed E-state index contributed by atoms with van der Waals surface area (Å²) in [5.74, 6) is 1.16. The third-order valence-electron chi connectivity index (χ3n) is 4.90. The van der Waals surface area contributed by atoms with E-state index in [1.807, 2.05) is 29.6 Å². The number of nitrogens with zero attached hydrogens (tertiary/aromatic N) is 4. The van der Waals surface area contributed by atoms with Gasteiger partial charge in [0.25, 0.3) is 5.91 Å². The second-order valence-electron chi connectivity index (χ2n) is 6.95. The van der Waals surface area contributed by atoms with E-state index in [-0.39, 0.29) is 19.1 Å². The van der Waals surface area contributed by atoms with E-state index in [0.717, 1.165) is 28.2 Å².